The van der Waals surface area contributed by atoms with Gasteiger partial charge in [0.05, 0.1) is 5.56 Å². The highest BCUT2D eigenvalue weighted by atomic mass is 19.4. The van der Waals surface area contributed by atoms with Gasteiger partial charge < -0.3 is 30.5 Å². The second kappa shape index (κ2) is 6.55. The molecule has 5 N–H and O–H groups in total. The SMILES string of the molecule is Cc1cc(N[C@@H]2O[C@H](C(=O)O)[C@@H](O)[C@H](O)[C@H]2O)ccc1C(F)(F)F. The number of carboxylic acids is 1. The molecule has 0 bridgehead atoms. The van der Waals surface area contributed by atoms with Gasteiger partial charge in [0.25, 0.3) is 0 Å². The first-order valence-corrected chi connectivity index (χ1v) is 6.89. The number of aryl methyl sites for hydroxylation is 1. The first kappa shape index (κ1) is 18.5. The summed E-state index contributed by atoms with van der Waals surface area (Å²) in [5, 5.41) is 40.6. The first-order valence-electron chi connectivity index (χ1n) is 6.89. The van der Waals surface area contributed by atoms with Crippen LogP contribution in [0.3, 0.4) is 0 Å². The van der Waals surface area contributed by atoms with Crippen LogP contribution in [0.4, 0.5) is 18.9 Å². The molecule has 24 heavy (non-hydrogen) atoms. The zero-order valence-electron chi connectivity index (χ0n) is 12.4. The first-order chi connectivity index (χ1) is 11.0. The van der Waals surface area contributed by atoms with Gasteiger partial charge in [-0.1, -0.05) is 0 Å². The average Bonchev–Trinajstić information content (AvgIpc) is 2.46. The van der Waals surface area contributed by atoms with Gasteiger partial charge in [-0.15, -0.1) is 0 Å². The molecule has 1 fully saturated rings. The molecule has 0 saturated carbocycles. The van der Waals surface area contributed by atoms with Crippen LogP contribution < -0.4 is 5.32 Å². The Labute approximate surface area is 134 Å². The van der Waals surface area contributed by atoms with Crippen molar-refractivity contribution in [2.75, 3.05) is 5.32 Å². The summed E-state index contributed by atoms with van der Waals surface area (Å²) >= 11 is 0. The number of anilines is 1. The zero-order chi connectivity index (χ0) is 18.2. The van der Waals surface area contributed by atoms with Crippen molar-refractivity contribution in [3.05, 3.63) is 29.3 Å². The number of hydrogen-bond acceptors (Lipinski definition) is 6. The molecule has 2 rings (SSSR count). The topological polar surface area (TPSA) is 119 Å². The van der Waals surface area contributed by atoms with Gasteiger partial charge in [0.2, 0.25) is 0 Å². The van der Waals surface area contributed by atoms with Crippen molar-refractivity contribution >= 4 is 11.7 Å². The van der Waals surface area contributed by atoms with Crippen LogP contribution in [-0.4, -0.2) is 57.0 Å². The molecule has 1 aromatic rings. The quantitative estimate of drug-likeness (QED) is 0.532. The maximum absolute atomic E-state index is 12.7. The summed E-state index contributed by atoms with van der Waals surface area (Å²) in [5.41, 5.74) is -0.803. The van der Waals surface area contributed by atoms with E-state index in [1.54, 1.807) is 0 Å². The van der Waals surface area contributed by atoms with Crippen molar-refractivity contribution in [3.8, 4) is 0 Å². The second-order valence-electron chi connectivity index (χ2n) is 5.46. The predicted molar refractivity (Wildman–Crippen MR) is 74.1 cm³/mol. The average molecular weight is 351 g/mol. The number of aliphatic hydroxyl groups is 3. The number of carboxylic acid groups (broad SMARTS) is 1. The van der Waals surface area contributed by atoms with Crippen molar-refractivity contribution in [3.63, 3.8) is 0 Å². The molecule has 1 aliphatic rings. The lowest BCUT2D eigenvalue weighted by Crippen LogP contribution is -2.61. The Balaban J connectivity index is 2.20. The van der Waals surface area contributed by atoms with E-state index in [1.807, 2.05) is 0 Å². The number of halogens is 3. The van der Waals surface area contributed by atoms with Gasteiger partial charge in [0, 0.05) is 5.69 Å². The third-order valence-electron chi connectivity index (χ3n) is 3.70. The molecule has 1 heterocycles. The lowest BCUT2D eigenvalue weighted by molar-refractivity contribution is -0.221. The van der Waals surface area contributed by atoms with Crippen LogP contribution in [0.5, 0.6) is 0 Å². The highest BCUT2D eigenvalue weighted by Crippen LogP contribution is 2.33. The molecule has 0 radical (unpaired) electrons. The fraction of sp³-hybridized carbons (Fsp3) is 0.500. The van der Waals surface area contributed by atoms with E-state index in [1.165, 1.54) is 6.92 Å². The highest BCUT2D eigenvalue weighted by Gasteiger charge is 2.47. The number of aliphatic carboxylic acids is 1. The highest BCUT2D eigenvalue weighted by molar-refractivity contribution is 5.73. The number of alkyl halides is 3. The molecule has 5 atom stereocenters. The number of rotatable bonds is 3. The minimum atomic E-state index is -4.52. The van der Waals surface area contributed by atoms with Crippen LogP contribution in [0, 0.1) is 6.92 Å². The third kappa shape index (κ3) is 3.61. The Morgan fingerprint density at radius 3 is 2.29 bits per heavy atom. The summed E-state index contributed by atoms with van der Waals surface area (Å²) in [7, 11) is 0. The van der Waals surface area contributed by atoms with Crippen molar-refractivity contribution < 1.29 is 43.1 Å². The van der Waals surface area contributed by atoms with E-state index in [-0.39, 0.29) is 11.3 Å². The number of hydrogen-bond donors (Lipinski definition) is 5. The van der Waals surface area contributed by atoms with Gasteiger partial charge in [-0.05, 0) is 30.7 Å². The smallest absolute Gasteiger partial charge is 0.416 e. The van der Waals surface area contributed by atoms with E-state index in [4.69, 9.17) is 9.84 Å². The molecule has 0 aromatic heterocycles. The fourth-order valence-electron chi connectivity index (χ4n) is 2.44. The third-order valence-corrected chi connectivity index (χ3v) is 3.70. The summed E-state index contributed by atoms with van der Waals surface area (Å²) in [6.07, 6.45) is -13.1. The van der Waals surface area contributed by atoms with Gasteiger partial charge in [0.1, 0.15) is 18.3 Å². The molecule has 0 unspecified atom stereocenters. The molecule has 1 aromatic carbocycles. The molecular formula is C14H16F3NO6. The minimum absolute atomic E-state index is 0.0897. The normalized spacial score (nSPS) is 30.9. The Bertz CT molecular complexity index is 623. The van der Waals surface area contributed by atoms with E-state index >= 15 is 0 Å². The van der Waals surface area contributed by atoms with E-state index in [0.717, 1.165) is 18.2 Å². The summed E-state index contributed by atoms with van der Waals surface area (Å²) in [4.78, 5) is 11.0. The summed E-state index contributed by atoms with van der Waals surface area (Å²) in [5.74, 6) is -1.55. The molecule has 7 nitrogen and oxygen atoms in total. The number of benzene rings is 1. The molecule has 1 saturated heterocycles. The van der Waals surface area contributed by atoms with E-state index in [0.29, 0.717) is 0 Å². The Morgan fingerprint density at radius 2 is 1.79 bits per heavy atom. The molecule has 0 spiro atoms. The van der Waals surface area contributed by atoms with Crippen LogP contribution in [-0.2, 0) is 15.7 Å². The van der Waals surface area contributed by atoms with Crippen LogP contribution in [0.2, 0.25) is 0 Å². The summed E-state index contributed by atoms with van der Waals surface area (Å²) in [6, 6.07) is 3.05. The Morgan fingerprint density at radius 1 is 1.17 bits per heavy atom. The lowest BCUT2D eigenvalue weighted by Gasteiger charge is -2.39. The molecular weight excluding hydrogens is 335 g/mol. The maximum atomic E-state index is 12.7. The number of aliphatic hydroxyl groups excluding tert-OH is 3. The Hall–Kier alpha value is -1.88. The Kier molecular flexibility index (Phi) is 5.04. The van der Waals surface area contributed by atoms with Gasteiger partial charge in [-0.2, -0.15) is 13.2 Å². The van der Waals surface area contributed by atoms with Crippen molar-refractivity contribution in [1.82, 2.24) is 0 Å². The van der Waals surface area contributed by atoms with Gasteiger partial charge in [-0.3, -0.25) is 0 Å². The van der Waals surface area contributed by atoms with E-state index in [9.17, 15) is 33.3 Å². The van der Waals surface area contributed by atoms with Gasteiger partial charge >= 0.3 is 12.1 Å². The van der Waals surface area contributed by atoms with Crippen molar-refractivity contribution in [2.24, 2.45) is 0 Å². The zero-order valence-corrected chi connectivity index (χ0v) is 12.4. The summed E-state index contributed by atoms with van der Waals surface area (Å²) < 4.78 is 43.2. The van der Waals surface area contributed by atoms with Crippen molar-refractivity contribution in [1.29, 1.82) is 0 Å². The van der Waals surface area contributed by atoms with Crippen LogP contribution in [0.25, 0.3) is 0 Å². The summed E-state index contributed by atoms with van der Waals surface area (Å²) in [6.45, 7) is 1.24. The van der Waals surface area contributed by atoms with Crippen LogP contribution >= 0.6 is 0 Å². The standard InChI is InChI=1S/C14H16F3NO6/c1-5-4-6(2-3-7(5)14(15,16)17)18-12-10(21)8(19)9(20)11(24-12)13(22)23/h2-4,8-12,18-21H,1H3,(H,22,23)/t8-,9-,10+,11-,12+/m0/s1. The molecule has 0 aliphatic carbocycles. The predicted octanol–water partition coefficient (Wildman–Crippen LogP) is 0.318. The van der Waals surface area contributed by atoms with Gasteiger partial charge in [0.15, 0.2) is 12.3 Å². The molecule has 134 valence electrons. The molecule has 1 aliphatic heterocycles. The molecule has 0 amide bonds. The van der Waals surface area contributed by atoms with Crippen LogP contribution in [0.15, 0.2) is 18.2 Å². The monoisotopic (exact) mass is 351 g/mol. The largest absolute Gasteiger partial charge is 0.479 e. The molecule has 10 heteroatoms. The van der Waals surface area contributed by atoms with Crippen molar-refractivity contribution in [2.45, 2.75) is 43.7 Å². The van der Waals surface area contributed by atoms with E-state index in [2.05, 4.69) is 5.32 Å². The second-order valence-corrected chi connectivity index (χ2v) is 5.46. The number of ether oxygens (including phenoxy) is 1. The minimum Gasteiger partial charge on any atom is -0.479 e. The number of nitrogens with one attached hydrogen (secondary N) is 1. The fourth-order valence-corrected chi connectivity index (χ4v) is 2.44. The van der Waals surface area contributed by atoms with E-state index < -0.39 is 48.4 Å². The maximum Gasteiger partial charge on any atom is 0.416 e. The lowest BCUT2D eigenvalue weighted by atomic mass is 9.98. The van der Waals surface area contributed by atoms with Crippen LogP contribution in [0.1, 0.15) is 11.1 Å². The number of carbonyl (C=O) groups is 1. The van der Waals surface area contributed by atoms with Gasteiger partial charge in [-0.25, -0.2) is 4.79 Å².